The quantitative estimate of drug-likeness (QED) is 0.945. The molecule has 2 heterocycles. The molecule has 1 aromatic carbocycles. The monoisotopic (exact) mass is 306 g/mol. The van der Waals surface area contributed by atoms with Crippen LogP contribution in [-0.4, -0.2) is 37.5 Å². The van der Waals surface area contributed by atoms with E-state index in [1.807, 2.05) is 18.0 Å². The summed E-state index contributed by atoms with van der Waals surface area (Å²) in [7, 11) is 1.95. The van der Waals surface area contributed by atoms with Crippen LogP contribution in [0.1, 0.15) is 22.5 Å². The van der Waals surface area contributed by atoms with Gasteiger partial charge >= 0.3 is 0 Å². The lowest BCUT2D eigenvalue weighted by atomic mass is 9.98. The van der Waals surface area contributed by atoms with Crippen LogP contribution in [0.25, 0.3) is 10.1 Å². The number of rotatable bonds is 3. The molecule has 1 unspecified atom stereocenters. The molecule has 1 N–H and O–H groups in total. The van der Waals surface area contributed by atoms with Crippen LogP contribution in [0.15, 0.2) is 24.3 Å². The summed E-state index contributed by atoms with van der Waals surface area (Å²) in [5, 5.41) is 4.13. The highest BCUT2D eigenvalue weighted by atomic mass is 32.1. The van der Waals surface area contributed by atoms with Crippen molar-refractivity contribution in [3.8, 4) is 0 Å². The molecule has 5 heteroatoms. The van der Waals surface area contributed by atoms with Crippen molar-refractivity contribution in [2.75, 3.05) is 26.7 Å². The second-order valence-electron chi connectivity index (χ2n) is 5.61. The minimum absolute atomic E-state index is 0.0809. The molecule has 1 aliphatic rings. The summed E-state index contributed by atoms with van der Waals surface area (Å²) < 4.78 is 14.1. The molecule has 3 nitrogen and oxygen atoms in total. The molecular weight excluding hydrogens is 287 g/mol. The molecule has 0 radical (unpaired) electrons. The minimum atomic E-state index is -0.254. The number of thiophene rings is 1. The van der Waals surface area contributed by atoms with Gasteiger partial charge in [0, 0.05) is 17.8 Å². The van der Waals surface area contributed by atoms with Crippen LogP contribution < -0.4 is 5.32 Å². The van der Waals surface area contributed by atoms with E-state index in [0.29, 0.717) is 10.8 Å². The Kier molecular flexibility index (Phi) is 4.22. The predicted molar refractivity (Wildman–Crippen MR) is 84.3 cm³/mol. The second-order valence-corrected chi connectivity index (χ2v) is 6.69. The van der Waals surface area contributed by atoms with Crippen LogP contribution >= 0.6 is 11.3 Å². The van der Waals surface area contributed by atoms with Gasteiger partial charge in [0.25, 0.3) is 5.91 Å². The Morgan fingerprint density at radius 3 is 3.14 bits per heavy atom. The van der Waals surface area contributed by atoms with Crippen LogP contribution in [0.3, 0.4) is 0 Å². The van der Waals surface area contributed by atoms with E-state index in [9.17, 15) is 9.18 Å². The number of amides is 1. The Labute approximate surface area is 127 Å². The third-order valence-electron chi connectivity index (χ3n) is 3.99. The van der Waals surface area contributed by atoms with E-state index in [2.05, 4.69) is 5.32 Å². The maximum atomic E-state index is 13.2. The molecule has 1 aliphatic heterocycles. The summed E-state index contributed by atoms with van der Waals surface area (Å²) in [5.74, 6) is 0.354. The first-order valence-corrected chi connectivity index (χ1v) is 8.12. The van der Waals surface area contributed by atoms with Crippen molar-refractivity contribution >= 4 is 27.3 Å². The SMILES string of the molecule is CNCC1CCCN(C(=O)c2cc3ccc(F)cc3s2)C1. The lowest BCUT2D eigenvalue weighted by Gasteiger charge is -2.32. The van der Waals surface area contributed by atoms with Crippen molar-refractivity contribution < 1.29 is 9.18 Å². The Morgan fingerprint density at radius 1 is 1.48 bits per heavy atom. The average Bonchev–Trinajstić information content (AvgIpc) is 2.90. The number of hydrogen-bond donors (Lipinski definition) is 1. The molecule has 21 heavy (non-hydrogen) atoms. The largest absolute Gasteiger partial charge is 0.338 e. The van der Waals surface area contributed by atoms with Crippen molar-refractivity contribution in [1.29, 1.82) is 0 Å². The van der Waals surface area contributed by atoms with Crippen LogP contribution in [0, 0.1) is 11.7 Å². The van der Waals surface area contributed by atoms with E-state index in [1.165, 1.54) is 29.9 Å². The topological polar surface area (TPSA) is 32.3 Å². The summed E-state index contributed by atoms with van der Waals surface area (Å²) in [4.78, 5) is 15.3. The molecule has 0 bridgehead atoms. The molecule has 1 fully saturated rings. The maximum absolute atomic E-state index is 13.2. The molecule has 2 aromatic rings. The summed E-state index contributed by atoms with van der Waals surface area (Å²) in [6, 6.07) is 6.55. The van der Waals surface area contributed by atoms with E-state index in [-0.39, 0.29) is 11.7 Å². The smallest absolute Gasteiger partial charge is 0.263 e. The number of carbonyl (C=O) groups excluding carboxylic acids is 1. The summed E-state index contributed by atoms with van der Waals surface area (Å²) in [5.41, 5.74) is 0. The van der Waals surface area contributed by atoms with Crippen LogP contribution in [0.2, 0.25) is 0 Å². The fourth-order valence-corrected chi connectivity index (χ4v) is 4.03. The van der Waals surface area contributed by atoms with E-state index in [1.54, 1.807) is 6.07 Å². The highest BCUT2D eigenvalue weighted by Gasteiger charge is 2.25. The van der Waals surface area contributed by atoms with Gasteiger partial charge in [0.15, 0.2) is 0 Å². The number of benzene rings is 1. The molecule has 1 saturated heterocycles. The number of fused-ring (bicyclic) bond motifs is 1. The number of nitrogens with zero attached hydrogens (tertiary/aromatic N) is 1. The van der Waals surface area contributed by atoms with Crippen molar-refractivity contribution in [3.63, 3.8) is 0 Å². The molecular formula is C16H19FN2OS. The van der Waals surface area contributed by atoms with Gasteiger partial charge in [-0.05, 0) is 55.9 Å². The van der Waals surface area contributed by atoms with Crippen molar-refractivity contribution in [3.05, 3.63) is 35.0 Å². The van der Waals surface area contributed by atoms with Crippen molar-refractivity contribution in [2.45, 2.75) is 12.8 Å². The molecule has 1 aromatic heterocycles. The zero-order valence-electron chi connectivity index (χ0n) is 12.1. The molecule has 0 aliphatic carbocycles. The fraction of sp³-hybridized carbons (Fsp3) is 0.438. The highest BCUT2D eigenvalue weighted by molar-refractivity contribution is 7.20. The molecule has 0 saturated carbocycles. The first kappa shape index (κ1) is 14.5. The summed E-state index contributed by atoms with van der Waals surface area (Å²) in [6.45, 7) is 2.57. The Hall–Kier alpha value is -1.46. The van der Waals surface area contributed by atoms with E-state index in [4.69, 9.17) is 0 Å². The van der Waals surface area contributed by atoms with Crippen LogP contribution in [0.5, 0.6) is 0 Å². The summed E-state index contributed by atoms with van der Waals surface area (Å²) >= 11 is 1.38. The lowest BCUT2D eigenvalue weighted by Crippen LogP contribution is -2.42. The normalized spacial score (nSPS) is 19.1. The average molecular weight is 306 g/mol. The van der Waals surface area contributed by atoms with Gasteiger partial charge in [0.1, 0.15) is 5.82 Å². The van der Waals surface area contributed by atoms with E-state index < -0.39 is 0 Å². The zero-order valence-corrected chi connectivity index (χ0v) is 12.9. The third-order valence-corrected chi connectivity index (χ3v) is 5.08. The Bertz CT molecular complexity index is 653. The maximum Gasteiger partial charge on any atom is 0.263 e. The van der Waals surface area contributed by atoms with Gasteiger partial charge in [-0.3, -0.25) is 4.79 Å². The lowest BCUT2D eigenvalue weighted by molar-refractivity contribution is 0.0679. The Balaban J connectivity index is 1.79. The number of hydrogen-bond acceptors (Lipinski definition) is 3. The minimum Gasteiger partial charge on any atom is -0.338 e. The number of carbonyl (C=O) groups is 1. The van der Waals surface area contributed by atoms with E-state index >= 15 is 0 Å². The molecule has 112 valence electrons. The third kappa shape index (κ3) is 3.09. The molecule has 1 amide bonds. The van der Waals surface area contributed by atoms with Gasteiger partial charge in [-0.1, -0.05) is 6.07 Å². The van der Waals surface area contributed by atoms with Gasteiger partial charge in [0.2, 0.25) is 0 Å². The number of piperidine rings is 1. The molecule has 3 rings (SSSR count). The second kappa shape index (κ2) is 6.12. The van der Waals surface area contributed by atoms with Gasteiger partial charge in [-0.15, -0.1) is 11.3 Å². The molecule has 1 atom stereocenters. The van der Waals surface area contributed by atoms with Gasteiger partial charge in [-0.2, -0.15) is 0 Å². The molecule has 0 spiro atoms. The van der Waals surface area contributed by atoms with E-state index in [0.717, 1.165) is 36.1 Å². The van der Waals surface area contributed by atoms with Crippen LogP contribution in [-0.2, 0) is 0 Å². The Morgan fingerprint density at radius 2 is 2.33 bits per heavy atom. The predicted octanol–water partition coefficient (Wildman–Crippen LogP) is 3.11. The number of nitrogens with one attached hydrogen (secondary N) is 1. The van der Waals surface area contributed by atoms with Crippen LogP contribution in [0.4, 0.5) is 4.39 Å². The van der Waals surface area contributed by atoms with Gasteiger partial charge < -0.3 is 10.2 Å². The number of halogens is 1. The zero-order chi connectivity index (χ0) is 14.8. The first-order valence-electron chi connectivity index (χ1n) is 7.30. The highest BCUT2D eigenvalue weighted by Crippen LogP contribution is 2.28. The van der Waals surface area contributed by atoms with Crippen molar-refractivity contribution in [2.24, 2.45) is 5.92 Å². The van der Waals surface area contributed by atoms with Gasteiger partial charge in [0.05, 0.1) is 4.88 Å². The van der Waals surface area contributed by atoms with Crippen molar-refractivity contribution in [1.82, 2.24) is 10.2 Å². The summed E-state index contributed by atoms with van der Waals surface area (Å²) in [6.07, 6.45) is 2.22. The first-order chi connectivity index (χ1) is 10.2. The standard InChI is InChI=1S/C16H19FN2OS/c1-18-9-11-3-2-6-19(10-11)16(20)15-7-12-4-5-13(17)8-14(12)21-15/h4-5,7-8,11,18H,2-3,6,9-10H2,1H3. The number of likely N-dealkylation sites (tertiary alicyclic amines) is 1. The fourth-order valence-electron chi connectivity index (χ4n) is 2.97. The van der Waals surface area contributed by atoms with Gasteiger partial charge in [-0.25, -0.2) is 4.39 Å².